The van der Waals surface area contributed by atoms with E-state index in [1.807, 2.05) is 6.07 Å². The predicted molar refractivity (Wildman–Crippen MR) is 78.4 cm³/mol. The van der Waals surface area contributed by atoms with Gasteiger partial charge in [-0.1, -0.05) is 25.3 Å². The van der Waals surface area contributed by atoms with E-state index in [1.54, 1.807) is 6.07 Å². The normalized spacial score (nSPS) is 18.8. The molecule has 2 nitrogen and oxygen atoms in total. The number of hydrogen-bond donors (Lipinski definition) is 1. The van der Waals surface area contributed by atoms with E-state index < -0.39 is 0 Å². The zero-order valence-electron chi connectivity index (χ0n) is 11.2. The number of hydrogen-bond acceptors (Lipinski definition) is 1. The summed E-state index contributed by atoms with van der Waals surface area (Å²) in [4.78, 5) is 3.02. The monoisotopic (exact) mass is 278 g/mol. The summed E-state index contributed by atoms with van der Waals surface area (Å²) in [6.07, 6.45) is 6.46. The molecule has 1 fully saturated rings. The van der Waals surface area contributed by atoms with Gasteiger partial charge in [0.15, 0.2) is 4.77 Å². The molecule has 0 aliphatic heterocycles. The maximum Gasteiger partial charge on any atom is 0.178 e. The molecule has 1 heterocycles. The van der Waals surface area contributed by atoms with E-state index in [-0.39, 0.29) is 5.82 Å². The van der Waals surface area contributed by atoms with Crippen LogP contribution in [0.25, 0.3) is 11.0 Å². The second kappa shape index (κ2) is 5.08. The first kappa shape index (κ1) is 12.9. The highest BCUT2D eigenvalue weighted by Crippen LogP contribution is 2.34. The molecule has 1 aromatic carbocycles. The SMILES string of the molecule is CC(C1CCCCC1)n1c(=S)[nH]c2c(F)cccc21. The quantitative estimate of drug-likeness (QED) is 0.768. The summed E-state index contributed by atoms with van der Waals surface area (Å²) in [6, 6.07) is 5.51. The van der Waals surface area contributed by atoms with Crippen molar-refractivity contribution in [2.24, 2.45) is 5.92 Å². The third-order valence-electron chi connectivity index (χ3n) is 4.44. The molecule has 0 bridgehead atoms. The predicted octanol–water partition coefficient (Wildman–Crippen LogP) is 4.98. The van der Waals surface area contributed by atoms with Gasteiger partial charge in [0.25, 0.3) is 0 Å². The molecule has 1 aliphatic carbocycles. The molecular weight excluding hydrogens is 259 g/mol. The number of fused-ring (bicyclic) bond motifs is 1. The fourth-order valence-electron chi connectivity index (χ4n) is 3.35. The minimum atomic E-state index is -0.224. The lowest BCUT2D eigenvalue weighted by molar-refractivity contribution is 0.266. The number of H-pyrrole nitrogens is 1. The van der Waals surface area contributed by atoms with E-state index >= 15 is 0 Å². The number of para-hydroxylation sites is 1. The third kappa shape index (κ3) is 2.22. The van der Waals surface area contributed by atoms with Gasteiger partial charge in [-0.25, -0.2) is 4.39 Å². The molecule has 0 spiro atoms. The minimum absolute atomic E-state index is 0.224. The maximum atomic E-state index is 13.8. The Morgan fingerprint density at radius 3 is 2.79 bits per heavy atom. The number of halogens is 1. The number of rotatable bonds is 2. The molecule has 1 atom stereocenters. The van der Waals surface area contributed by atoms with Crippen molar-refractivity contribution in [1.82, 2.24) is 9.55 Å². The summed E-state index contributed by atoms with van der Waals surface area (Å²) < 4.78 is 16.5. The standard InChI is InChI=1S/C15H19FN2S/c1-10(11-6-3-2-4-7-11)18-13-9-5-8-12(16)14(13)17-15(18)19/h5,8-11H,2-4,6-7H2,1H3,(H,17,19). The number of nitrogens with zero attached hydrogens (tertiary/aromatic N) is 1. The zero-order chi connectivity index (χ0) is 13.4. The van der Waals surface area contributed by atoms with Crippen LogP contribution in [0, 0.1) is 16.5 Å². The Hall–Kier alpha value is -1.16. The number of imidazole rings is 1. The van der Waals surface area contributed by atoms with Gasteiger partial charge in [-0.05, 0) is 50.0 Å². The van der Waals surface area contributed by atoms with Crippen molar-refractivity contribution >= 4 is 23.3 Å². The van der Waals surface area contributed by atoms with Crippen LogP contribution >= 0.6 is 12.2 Å². The van der Waals surface area contributed by atoms with E-state index in [0.717, 1.165) is 5.52 Å². The molecule has 1 N–H and O–H groups in total. The van der Waals surface area contributed by atoms with Crippen molar-refractivity contribution in [3.8, 4) is 0 Å². The first-order valence-corrected chi connectivity index (χ1v) is 7.48. The molecule has 1 unspecified atom stereocenters. The van der Waals surface area contributed by atoms with Gasteiger partial charge in [-0.3, -0.25) is 0 Å². The second-order valence-electron chi connectivity index (χ2n) is 5.57. The first-order chi connectivity index (χ1) is 9.18. The zero-order valence-corrected chi connectivity index (χ0v) is 12.0. The molecule has 102 valence electrons. The lowest BCUT2D eigenvalue weighted by Crippen LogP contribution is -2.19. The van der Waals surface area contributed by atoms with Gasteiger partial charge in [0, 0.05) is 6.04 Å². The van der Waals surface area contributed by atoms with Gasteiger partial charge < -0.3 is 9.55 Å². The average Bonchev–Trinajstić information content (AvgIpc) is 2.77. The molecule has 1 aliphatic rings. The fourth-order valence-corrected chi connectivity index (χ4v) is 3.71. The summed E-state index contributed by atoms with van der Waals surface area (Å²) in [7, 11) is 0. The summed E-state index contributed by atoms with van der Waals surface area (Å²) in [5.41, 5.74) is 1.43. The highest BCUT2D eigenvalue weighted by molar-refractivity contribution is 7.71. The van der Waals surface area contributed by atoms with Crippen molar-refractivity contribution in [3.05, 3.63) is 28.8 Å². The van der Waals surface area contributed by atoms with Gasteiger partial charge in [-0.2, -0.15) is 0 Å². The Labute approximate surface area is 117 Å². The summed E-state index contributed by atoms with van der Waals surface area (Å²) >= 11 is 5.40. The van der Waals surface area contributed by atoms with Crippen molar-refractivity contribution < 1.29 is 4.39 Å². The van der Waals surface area contributed by atoms with E-state index in [9.17, 15) is 4.39 Å². The van der Waals surface area contributed by atoms with Crippen molar-refractivity contribution in [2.75, 3.05) is 0 Å². The highest BCUT2D eigenvalue weighted by atomic mass is 32.1. The van der Waals surface area contributed by atoms with E-state index in [2.05, 4.69) is 16.5 Å². The van der Waals surface area contributed by atoms with E-state index in [4.69, 9.17) is 12.2 Å². The molecule has 0 radical (unpaired) electrons. The lowest BCUT2D eigenvalue weighted by atomic mass is 9.84. The lowest BCUT2D eigenvalue weighted by Gasteiger charge is -2.29. The number of nitrogens with one attached hydrogen (secondary N) is 1. The Bertz CT molecular complexity index is 637. The van der Waals surface area contributed by atoms with Crippen LogP contribution in [0.4, 0.5) is 4.39 Å². The van der Waals surface area contributed by atoms with Crippen LogP contribution in [0.1, 0.15) is 45.1 Å². The van der Waals surface area contributed by atoms with Crippen LogP contribution in [0.5, 0.6) is 0 Å². The number of aromatic nitrogens is 2. The highest BCUT2D eigenvalue weighted by Gasteiger charge is 2.23. The minimum Gasteiger partial charge on any atom is -0.328 e. The Morgan fingerprint density at radius 2 is 2.05 bits per heavy atom. The van der Waals surface area contributed by atoms with Crippen LogP contribution in [-0.4, -0.2) is 9.55 Å². The van der Waals surface area contributed by atoms with Crippen molar-refractivity contribution in [1.29, 1.82) is 0 Å². The fraction of sp³-hybridized carbons (Fsp3) is 0.533. The molecule has 19 heavy (non-hydrogen) atoms. The summed E-state index contributed by atoms with van der Waals surface area (Å²) in [5, 5.41) is 0. The van der Waals surface area contributed by atoms with Gasteiger partial charge in [-0.15, -0.1) is 0 Å². The van der Waals surface area contributed by atoms with Crippen molar-refractivity contribution in [3.63, 3.8) is 0 Å². The van der Waals surface area contributed by atoms with E-state index in [1.165, 1.54) is 38.2 Å². The van der Waals surface area contributed by atoms with Crippen LogP contribution < -0.4 is 0 Å². The molecule has 1 saturated carbocycles. The average molecular weight is 278 g/mol. The van der Waals surface area contributed by atoms with E-state index in [0.29, 0.717) is 22.2 Å². The smallest absolute Gasteiger partial charge is 0.178 e. The van der Waals surface area contributed by atoms with Crippen LogP contribution in [-0.2, 0) is 0 Å². The summed E-state index contributed by atoms with van der Waals surface area (Å²) in [6.45, 7) is 2.21. The Morgan fingerprint density at radius 1 is 1.32 bits per heavy atom. The maximum absolute atomic E-state index is 13.8. The molecule has 0 saturated heterocycles. The molecule has 2 aromatic rings. The van der Waals surface area contributed by atoms with Gasteiger partial charge >= 0.3 is 0 Å². The third-order valence-corrected chi connectivity index (χ3v) is 4.74. The molecule has 1 aromatic heterocycles. The van der Waals surface area contributed by atoms with Gasteiger partial charge in [0.1, 0.15) is 11.3 Å². The summed E-state index contributed by atoms with van der Waals surface area (Å²) in [5.74, 6) is 0.431. The van der Waals surface area contributed by atoms with Gasteiger partial charge in [0.2, 0.25) is 0 Å². The second-order valence-corrected chi connectivity index (χ2v) is 5.96. The molecule has 3 rings (SSSR count). The van der Waals surface area contributed by atoms with Crippen LogP contribution in [0.3, 0.4) is 0 Å². The molecule has 4 heteroatoms. The van der Waals surface area contributed by atoms with Crippen molar-refractivity contribution in [2.45, 2.75) is 45.1 Å². The molecule has 0 amide bonds. The Kier molecular flexibility index (Phi) is 3.44. The van der Waals surface area contributed by atoms with Crippen LogP contribution in [0.15, 0.2) is 18.2 Å². The van der Waals surface area contributed by atoms with Crippen LogP contribution in [0.2, 0.25) is 0 Å². The molecular formula is C15H19FN2S. The largest absolute Gasteiger partial charge is 0.328 e. The first-order valence-electron chi connectivity index (χ1n) is 7.07. The number of benzene rings is 1. The van der Waals surface area contributed by atoms with Gasteiger partial charge in [0.05, 0.1) is 5.52 Å². The number of aromatic amines is 1. The Balaban J connectivity index is 2.06. The topological polar surface area (TPSA) is 20.7 Å².